The van der Waals surface area contributed by atoms with Gasteiger partial charge in [0.1, 0.15) is 0 Å². The molecule has 6 heteroatoms. The van der Waals surface area contributed by atoms with Gasteiger partial charge in [-0.1, -0.05) is 19.1 Å². The summed E-state index contributed by atoms with van der Waals surface area (Å²) in [5.74, 6) is -0.121. The maximum Gasteiger partial charge on any atom is 0.269 e. The summed E-state index contributed by atoms with van der Waals surface area (Å²) < 4.78 is 0. The molecule has 0 bridgehead atoms. The molecular formula is C14H21N3O3. The molecule has 0 aromatic heterocycles. The van der Waals surface area contributed by atoms with Crippen LogP contribution >= 0.6 is 0 Å². The van der Waals surface area contributed by atoms with Gasteiger partial charge in [-0.25, -0.2) is 0 Å². The summed E-state index contributed by atoms with van der Waals surface area (Å²) in [6.07, 6.45) is 0.952. The lowest BCUT2D eigenvalue weighted by Crippen LogP contribution is -2.38. The fourth-order valence-electron chi connectivity index (χ4n) is 1.69. The predicted octanol–water partition coefficient (Wildman–Crippen LogP) is 2.16. The van der Waals surface area contributed by atoms with Gasteiger partial charge in [-0.3, -0.25) is 14.9 Å². The minimum Gasteiger partial charge on any atom is -0.348 e. The van der Waals surface area contributed by atoms with Crippen molar-refractivity contribution in [2.75, 3.05) is 6.54 Å². The van der Waals surface area contributed by atoms with Gasteiger partial charge in [0, 0.05) is 18.2 Å². The van der Waals surface area contributed by atoms with Gasteiger partial charge < -0.3 is 10.6 Å². The Morgan fingerprint density at radius 3 is 2.70 bits per heavy atom. The molecule has 2 N–H and O–H groups in total. The van der Waals surface area contributed by atoms with Crippen LogP contribution in [-0.4, -0.2) is 23.4 Å². The monoisotopic (exact) mass is 279 g/mol. The quantitative estimate of drug-likeness (QED) is 0.591. The number of nitro benzene ring substituents is 1. The second-order valence-corrected chi connectivity index (χ2v) is 4.83. The molecule has 1 rings (SSSR count). The normalized spacial score (nSPS) is 13.6. The SMILES string of the molecule is CCC(C)NCC(=O)NC(C)c1cccc([N+](=O)[O-])c1. The third-order valence-corrected chi connectivity index (χ3v) is 3.18. The average Bonchev–Trinajstić information content (AvgIpc) is 2.44. The molecule has 0 aliphatic heterocycles. The highest BCUT2D eigenvalue weighted by molar-refractivity contribution is 5.78. The van der Waals surface area contributed by atoms with E-state index >= 15 is 0 Å². The number of non-ortho nitro benzene ring substituents is 1. The van der Waals surface area contributed by atoms with Gasteiger partial charge in [0.2, 0.25) is 5.91 Å². The maximum atomic E-state index is 11.8. The molecule has 0 saturated heterocycles. The summed E-state index contributed by atoms with van der Waals surface area (Å²) in [6.45, 7) is 6.10. The molecule has 110 valence electrons. The number of nitrogens with one attached hydrogen (secondary N) is 2. The molecule has 0 aliphatic carbocycles. The molecular weight excluding hydrogens is 258 g/mol. The number of carbonyl (C=O) groups excluding carboxylic acids is 1. The molecule has 0 heterocycles. The largest absolute Gasteiger partial charge is 0.348 e. The molecule has 0 saturated carbocycles. The van der Waals surface area contributed by atoms with Gasteiger partial charge in [-0.2, -0.15) is 0 Å². The molecule has 1 aromatic rings. The number of benzene rings is 1. The average molecular weight is 279 g/mol. The van der Waals surface area contributed by atoms with Crippen LogP contribution in [0, 0.1) is 10.1 Å². The van der Waals surface area contributed by atoms with Crippen molar-refractivity contribution in [3.63, 3.8) is 0 Å². The minimum absolute atomic E-state index is 0.0290. The van der Waals surface area contributed by atoms with Crippen molar-refractivity contribution in [2.24, 2.45) is 0 Å². The lowest BCUT2D eigenvalue weighted by Gasteiger charge is -2.16. The lowest BCUT2D eigenvalue weighted by molar-refractivity contribution is -0.384. The Balaban J connectivity index is 2.57. The molecule has 2 atom stereocenters. The van der Waals surface area contributed by atoms with E-state index in [1.807, 2.05) is 13.8 Å². The summed E-state index contributed by atoms with van der Waals surface area (Å²) in [5, 5.41) is 16.6. The Morgan fingerprint density at radius 1 is 1.40 bits per heavy atom. The van der Waals surface area contributed by atoms with E-state index in [0.29, 0.717) is 0 Å². The summed E-state index contributed by atoms with van der Waals surface area (Å²) in [7, 11) is 0. The first kappa shape index (κ1) is 16.1. The number of carbonyl (C=O) groups is 1. The van der Waals surface area contributed by atoms with Crippen LogP contribution in [0.15, 0.2) is 24.3 Å². The van der Waals surface area contributed by atoms with Crippen LogP contribution < -0.4 is 10.6 Å². The van der Waals surface area contributed by atoms with Crippen LogP contribution in [0.3, 0.4) is 0 Å². The second kappa shape index (κ2) is 7.59. The van der Waals surface area contributed by atoms with Crippen LogP contribution in [0.25, 0.3) is 0 Å². The van der Waals surface area contributed by atoms with Crippen molar-refractivity contribution in [3.8, 4) is 0 Å². The smallest absolute Gasteiger partial charge is 0.269 e. The Morgan fingerprint density at radius 2 is 2.10 bits per heavy atom. The summed E-state index contributed by atoms with van der Waals surface area (Å²) in [6, 6.07) is 6.32. The third kappa shape index (κ3) is 4.97. The van der Waals surface area contributed by atoms with Gasteiger partial charge >= 0.3 is 0 Å². The Bertz CT molecular complexity index is 476. The van der Waals surface area contributed by atoms with Crippen molar-refractivity contribution >= 4 is 11.6 Å². The van der Waals surface area contributed by atoms with Crippen LogP contribution in [-0.2, 0) is 4.79 Å². The topological polar surface area (TPSA) is 84.3 Å². The van der Waals surface area contributed by atoms with Gasteiger partial charge in [0.05, 0.1) is 17.5 Å². The van der Waals surface area contributed by atoms with E-state index in [9.17, 15) is 14.9 Å². The summed E-state index contributed by atoms with van der Waals surface area (Å²) in [4.78, 5) is 22.0. The first-order valence-electron chi connectivity index (χ1n) is 6.71. The van der Waals surface area contributed by atoms with Gasteiger partial charge in [0.25, 0.3) is 5.69 Å². The number of nitro groups is 1. The highest BCUT2D eigenvalue weighted by Crippen LogP contribution is 2.18. The second-order valence-electron chi connectivity index (χ2n) is 4.83. The molecule has 0 fully saturated rings. The minimum atomic E-state index is -0.442. The van der Waals surface area contributed by atoms with Crippen LogP contribution in [0.4, 0.5) is 5.69 Å². The third-order valence-electron chi connectivity index (χ3n) is 3.18. The summed E-state index contributed by atoms with van der Waals surface area (Å²) >= 11 is 0. The predicted molar refractivity (Wildman–Crippen MR) is 77.4 cm³/mol. The van der Waals surface area contributed by atoms with E-state index in [1.165, 1.54) is 12.1 Å². The van der Waals surface area contributed by atoms with Crippen molar-refractivity contribution in [3.05, 3.63) is 39.9 Å². The van der Waals surface area contributed by atoms with E-state index in [1.54, 1.807) is 19.1 Å². The van der Waals surface area contributed by atoms with Gasteiger partial charge in [-0.05, 0) is 25.8 Å². The fourth-order valence-corrected chi connectivity index (χ4v) is 1.69. The highest BCUT2D eigenvalue weighted by atomic mass is 16.6. The number of amides is 1. The van der Waals surface area contributed by atoms with E-state index in [2.05, 4.69) is 10.6 Å². The van der Waals surface area contributed by atoms with E-state index in [0.717, 1.165) is 12.0 Å². The molecule has 2 unspecified atom stereocenters. The first-order valence-corrected chi connectivity index (χ1v) is 6.71. The molecule has 0 aliphatic rings. The Hall–Kier alpha value is -1.95. The van der Waals surface area contributed by atoms with Crippen LogP contribution in [0.2, 0.25) is 0 Å². The van der Waals surface area contributed by atoms with Crippen LogP contribution in [0.5, 0.6) is 0 Å². The molecule has 0 spiro atoms. The van der Waals surface area contributed by atoms with Crippen molar-refractivity contribution in [1.82, 2.24) is 10.6 Å². The Labute approximate surface area is 118 Å². The van der Waals surface area contributed by atoms with E-state index in [4.69, 9.17) is 0 Å². The number of hydrogen-bond acceptors (Lipinski definition) is 4. The summed E-state index contributed by atoms with van der Waals surface area (Å²) in [5.41, 5.74) is 0.748. The van der Waals surface area contributed by atoms with Gasteiger partial charge in [0.15, 0.2) is 0 Å². The zero-order chi connectivity index (χ0) is 15.1. The number of nitrogens with zero attached hydrogens (tertiary/aromatic N) is 1. The Kier molecular flexibility index (Phi) is 6.11. The lowest BCUT2D eigenvalue weighted by atomic mass is 10.1. The van der Waals surface area contributed by atoms with Gasteiger partial charge in [-0.15, -0.1) is 0 Å². The number of rotatable bonds is 7. The zero-order valence-electron chi connectivity index (χ0n) is 12.1. The molecule has 1 amide bonds. The molecule has 6 nitrogen and oxygen atoms in total. The fraction of sp³-hybridized carbons (Fsp3) is 0.500. The van der Waals surface area contributed by atoms with E-state index < -0.39 is 4.92 Å². The zero-order valence-corrected chi connectivity index (χ0v) is 12.1. The highest BCUT2D eigenvalue weighted by Gasteiger charge is 2.13. The van der Waals surface area contributed by atoms with Crippen LogP contribution in [0.1, 0.15) is 38.8 Å². The van der Waals surface area contributed by atoms with Crippen molar-refractivity contribution < 1.29 is 9.72 Å². The van der Waals surface area contributed by atoms with Crippen molar-refractivity contribution in [2.45, 2.75) is 39.3 Å². The molecule has 0 radical (unpaired) electrons. The number of hydrogen-bond donors (Lipinski definition) is 2. The first-order chi connectivity index (χ1) is 9.43. The molecule has 1 aromatic carbocycles. The van der Waals surface area contributed by atoms with Crippen molar-refractivity contribution in [1.29, 1.82) is 0 Å². The van der Waals surface area contributed by atoms with E-state index in [-0.39, 0.29) is 30.2 Å². The standard InChI is InChI=1S/C14H21N3O3/c1-4-10(2)15-9-14(18)16-11(3)12-6-5-7-13(8-12)17(19)20/h5-8,10-11,15H,4,9H2,1-3H3,(H,16,18). The maximum absolute atomic E-state index is 11.8. The molecule has 20 heavy (non-hydrogen) atoms.